The van der Waals surface area contributed by atoms with Gasteiger partial charge >= 0.3 is 0 Å². The third-order valence-corrected chi connectivity index (χ3v) is 4.75. The first kappa shape index (κ1) is 12.2. The Morgan fingerprint density at radius 2 is 2.40 bits per heavy atom. The van der Waals surface area contributed by atoms with E-state index in [0.29, 0.717) is 17.6 Å². The first-order valence-electron chi connectivity index (χ1n) is 6.76. The molecule has 4 heterocycles. The summed E-state index contributed by atoms with van der Waals surface area (Å²) in [6, 6.07) is 0. The highest BCUT2D eigenvalue weighted by Crippen LogP contribution is 2.40. The molecule has 106 valence electrons. The van der Waals surface area contributed by atoms with E-state index in [1.54, 1.807) is 23.8 Å². The van der Waals surface area contributed by atoms with Gasteiger partial charge in [0.25, 0.3) is 0 Å². The highest BCUT2D eigenvalue weighted by atomic mass is 32.1. The first-order valence-corrected chi connectivity index (χ1v) is 7.64. The summed E-state index contributed by atoms with van der Waals surface area (Å²) in [5.74, 6) is 1.84. The average molecular weight is 293 g/mol. The van der Waals surface area contributed by atoms with Crippen LogP contribution < -0.4 is 4.90 Å². The van der Waals surface area contributed by atoms with Crippen molar-refractivity contribution in [1.29, 1.82) is 0 Å². The smallest absolute Gasteiger partial charge is 0.223 e. The monoisotopic (exact) mass is 293 g/mol. The molecule has 0 unspecified atom stereocenters. The molecule has 7 nitrogen and oxygen atoms in total. The minimum atomic E-state index is -0.0307. The van der Waals surface area contributed by atoms with Crippen molar-refractivity contribution in [2.24, 2.45) is 5.92 Å². The highest BCUT2D eigenvalue weighted by molar-refractivity contribution is 7.13. The molecule has 2 aliphatic rings. The maximum Gasteiger partial charge on any atom is 0.223 e. The van der Waals surface area contributed by atoms with E-state index < -0.39 is 0 Å². The molecule has 4 rings (SSSR count). The van der Waals surface area contributed by atoms with E-state index in [1.807, 2.05) is 0 Å². The number of aromatic nitrogens is 4. The van der Waals surface area contributed by atoms with E-state index in [4.69, 9.17) is 9.26 Å². The first-order chi connectivity index (χ1) is 9.79. The zero-order chi connectivity index (χ0) is 13.5. The molecule has 2 aromatic heterocycles. The summed E-state index contributed by atoms with van der Waals surface area (Å²) in [6.07, 6.45) is 2.28. The molecule has 0 aromatic carbocycles. The normalized spacial score (nSPS) is 29.6. The summed E-state index contributed by atoms with van der Waals surface area (Å²) in [5.41, 5.74) is 1.77. The lowest BCUT2D eigenvalue weighted by Crippen LogP contribution is -2.42. The van der Waals surface area contributed by atoms with Gasteiger partial charge in [-0.15, -0.1) is 10.2 Å². The standard InChI is InChI=1S/C12H15N5O2S/c1-7-14-11(16-19-7)9-4-8-2-3-17(5-10(8)18-9)12-15-13-6-20-12/h6,8-10H,2-5H2,1H3/t8-,9+,10+/m0/s1. The van der Waals surface area contributed by atoms with Crippen LogP contribution in [-0.4, -0.2) is 39.5 Å². The molecule has 3 atom stereocenters. The summed E-state index contributed by atoms with van der Waals surface area (Å²) in [5, 5.41) is 13.0. The summed E-state index contributed by atoms with van der Waals surface area (Å²) < 4.78 is 11.2. The van der Waals surface area contributed by atoms with Crippen molar-refractivity contribution in [2.75, 3.05) is 18.0 Å². The predicted molar refractivity (Wildman–Crippen MR) is 71.5 cm³/mol. The zero-order valence-corrected chi connectivity index (χ0v) is 11.9. The Morgan fingerprint density at radius 1 is 1.45 bits per heavy atom. The van der Waals surface area contributed by atoms with Crippen LogP contribution in [0.15, 0.2) is 10.0 Å². The topological polar surface area (TPSA) is 77.2 Å². The molecule has 8 heteroatoms. The lowest BCUT2D eigenvalue weighted by molar-refractivity contribution is 0.0267. The van der Waals surface area contributed by atoms with Crippen LogP contribution in [0.4, 0.5) is 5.13 Å². The van der Waals surface area contributed by atoms with Crippen LogP contribution in [0.1, 0.15) is 30.7 Å². The molecule has 0 saturated carbocycles. The Hall–Kier alpha value is -1.54. The van der Waals surface area contributed by atoms with Crippen molar-refractivity contribution < 1.29 is 9.26 Å². The average Bonchev–Trinajstić information content (AvgIpc) is 3.17. The summed E-state index contributed by atoms with van der Waals surface area (Å²) in [4.78, 5) is 6.54. The fourth-order valence-corrected chi connectivity index (χ4v) is 3.62. The van der Waals surface area contributed by atoms with Crippen LogP contribution >= 0.6 is 11.3 Å². The Bertz CT molecular complexity index is 586. The second-order valence-electron chi connectivity index (χ2n) is 5.29. The lowest BCUT2D eigenvalue weighted by Gasteiger charge is -2.33. The molecule has 0 aliphatic carbocycles. The van der Waals surface area contributed by atoms with E-state index in [2.05, 4.69) is 25.2 Å². The molecule has 2 fully saturated rings. The van der Waals surface area contributed by atoms with Gasteiger partial charge in [0.2, 0.25) is 16.8 Å². The Balaban J connectivity index is 1.47. The van der Waals surface area contributed by atoms with Crippen molar-refractivity contribution >= 4 is 16.5 Å². The number of hydrogen-bond donors (Lipinski definition) is 0. The van der Waals surface area contributed by atoms with Gasteiger partial charge in [0.15, 0.2) is 0 Å². The van der Waals surface area contributed by atoms with Gasteiger partial charge in [0.1, 0.15) is 11.6 Å². The number of piperidine rings is 1. The van der Waals surface area contributed by atoms with Crippen LogP contribution in [0.3, 0.4) is 0 Å². The van der Waals surface area contributed by atoms with Crippen molar-refractivity contribution in [3.8, 4) is 0 Å². The van der Waals surface area contributed by atoms with Gasteiger partial charge in [-0.1, -0.05) is 16.5 Å². The predicted octanol–water partition coefficient (Wildman–Crippen LogP) is 1.59. The van der Waals surface area contributed by atoms with Gasteiger partial charge in [0.05, 0.1) is 6.10 Å². The number of hydrogen-bond acceptors (Lipinski definition) is 8. The Kier molecular flexibility index (Phi) is 2.92. The second kappa shape index (κ2) is 4.78. The van der Waals surface area contributed by atoms with Crippen molar-refractivity contribution in [3.63, 3.8) is 0 Å². The molecule has 2 aromatic rings. The molecule has 0 N–H and O–H groups in total. The van der Waals surface area contributed by atoms with Crippen LogP contribution in [0, 0.1) is 12.8 Å². The molecule has 2 saturated heterocycles. The molecule has 0 radical (unpaired) electrons. The van der Waals surface area contributed by atoms with Gasteiger partial charge in [-0.2, -0.15) is 4.98 Å². The van der Waals surface area contributed by atoms with Gasteiger partial charge in [-0.05, 0) is 18.8 Å². The Labute approximate surface area is 120 Å². The van der Waals surface area contributed by atoms with Gasteiger partial charge in [-0.3, -0.25) is 0 Å². The lowest BCUT2D eigenvalue weighted by atomic mass is 9.92. The second-order valence-corrected chi connectivity index (χ2v) is 6.10. The molecular formula is C12H15N5O2S. The molecule has 0 bridgehead atoms. The van der Waals surface area contributed by atoms with Gasteiger partial charge in [-0.25, -0.2) is 0 Å². The number of nitrogens with zero attached hydrogens (tertiary/aromatic N) is 5. The molecule has 2 aliphatic heterocycles. The van der Waals surface area contributed by atoms with Crippen molar-refractivity contribution in [3.05, 3.63) is 17.2 Å². The summed E-state index contributed by atoms with van der Waals surface area (Å²) >= 11 is 1.57. The van der Waals surface area contributed by atoms with E-state index in [0.717, 1.165) is 31.1 Å². The molecular weight excluding hydrogens is 278 g/mol. The van der Waals surface area contributed by atoms with Gasteiger partial charge < -0.3 is 14.2 Å². The van der Waals surface area contributed by atoms with Crippen LogP contribution in [0.5, 0.6) is 0 Å². The fraction of sp³-hybridized carbons (Fsp3) is 0.667. The third-order valence-electron chi connectivity index (χ3n) is 4.00. The van der Waals surface area contributed by atoms with E-state index in [-0.39, 0.29) is 12.2 Å². The van der Waals surface area contributed by atoms with Crippen LogP contribution in [0.2, 0.25) is 0 Å². The van der Waals surface area contributed by atoms with Crippen LogP contribution in [0.25, 0.3) is 0 Å². The summed E-state index contributed by atoms with van der Waals surface area (Å²) in [7, 11) is 0. The summed E-state index contributed by atoms with van der Waals surface area (Å²) in [6.45, 7) is 3.68. The number of anilines is 1. The van der Waals surface area contributed by atoms with E-state index >= 15 is 0 Å². The minimum Gasteiger partial charge on any atom is -0.365 e. The fourth-order valence-electron chi connectivity index (χ4n) is 3.02. The van der Waals surface area contributed by atoms with Crippen molar-refractivity contribution in [2.45, 2.75) is 32.0 Å². The quantitative estimate of drug-likeness (QED) is 0.832. The SMILES string of the molecule is Cc1nc([C@H]2C[C@@H]3CCN(c4nncs4)C[C@H]3O2)no1. The van der Waals surface area contributed by atoms with E-state index in [9.17, 15) is 0 Å². The minimum absolute atomic E-state index is 0.0307. The zero-order valence-electron chi connectivity index (χ0n) is 11.1. The largest absolute Gasteiger partial charge is 0.365 e. The number of fused-ring (bicyclic) bond motifs is 1. The van der Waals surface area contributed by atoms with Gasteiger partial charge in [0, 0.05) is 20.0 Å². The molecule has 0 amide bonds. The van der Waals surface area contributed by atoms with Crippen LogP contribution in [-0.2, 0) is 4.74 Å². The number of aryl methyl sites for hydroxylation is 1. The molecule has 0 spiro atoms. The van der Waals surface area contributed by atoms with Crippen molar-refractivity contribution in [1.82, 2.24) is 20.3 Å². The number of rotatable bonds is 2. The third kappa shape index (κ3) is 2.08. The maximum atomic E-state index is 6.12. The molecule has 20 heavy (non-hydrogen) atoms. The Morgan fingerprint density at radius 3 is 3.15 bits per heavy atom. The highest BCUT2D eigenvalue weighted by Gasteiger charge is 2.41. The van der Waals surface area contributed by atoms with E-state index in [1.165, 1.54) is 0 Å². The number of ether oxygens (including phenoxy) is 1. The maximum absolute atomic E-state index is 6.12.